The number of sulfonamides is 1. The van der Waals surface area contributed by atoms with Gasteiger partial charge in [-0.2, -0.15) is 0 Å². The van der Waals surface area contributed by atoms with Crippen LogP contribution in [0, 0.1) is 0 Å². The summed E-state index contributed by atoms with van der Waals surface area (Å²) in [6.07, 6.45) is 0.598. The van der Waals surface area contributed by atoms with Gasteiger partial charge in [0.05, 0.1) is 23.6 Å². The molecule has 0 radical (unpaired) electrons. The van der Waals surface area contributed by atoms with Gasteiger partial charge in [-0.1, -0.05) is 72.8 Å². The lowest BCUT2D eigenvalue weighted by Gasteiger charge is -2.32. The van der Waals surface area contributed by atoms with Crippen LogP contribution in [0.4, 0.5) is 0 Å². The Morgan fingerprint density at radius 1 is 0.884 bits per heavy atom. The van der Waals surface area contributed by atoms with Crippen LogP contribution in [0.2, 0.25) is 0 Å². The van der Waals surface area contributed by atoms with Crippen molar-refractivity contribution >= 4 is 26.7 Å². The zero-order valence-corrected chi connectivity index (χ0v) is 26.1. The molecule has 5 rings (SSSR count). The number of hydrogen-bond donors (Lipinski definition) is 2. The van der Waals surface area contributed by atoms with Gasteiger partial charge in [0.1, 0.15) is 5.75 Å². The number of fused-ring (bicyclic) bond motifs is 2. The van der Waals surface area contributed by atoms with Crippen molar-refractivity contribution in [2.75, 3.05) is 6.61 Å². The summed E-state index contributed by atoms with van der Waals surface area (Å²) in [5.74, 6) is 0.556. The van der Waals surface area contributed by atoms with Crippen molar-refractivity contribution in [3.05, 3.63) is 108 Å². The largest absolute Gasteiger partial charge is 0.493 e. The quantitative estimate of drug-likeness (QED) is 0.205. The number of ether oxygens (including phenoxy) is 1. The molecular formula is C35H41N3O4S. The number of nitrogens with one attached hydrogen (secondary N) is 2. The summed E-state index contributed by atoms with van der Waals surface area (Å²) in [6.45, 7) is 10.1. The highest BCUT2D eigenvalue weighted by molar-refractivity contribution is 7.89. The molecule has 8 heteroatoms. The van der Waals surface area contributed by atoms with Crippen molar-refractivity contribution in [2.24, 2.45) is 0 Å². The molecule has 1 aliphatic rings. The molecule has 1 aliphatic heterocycles. The van der Waals surface area contributed by atoms with E-state index in [0.717, 1.165) is 34.2 Å². The number of benzene rings is 4. The van der Waals surface area contributed by atoms with Crippen LogP contribution in [0.15, 0.2) is 95.9 Å². The number of rotatable bonds is 11. The minimum absolute atomic E-state index is 0.0423. The third-order valence-corrected chi connectivity index (χ3v) is 9.53. The van der Waals surface area contributed by atoms with E-state index in [2.05, 4.69) is 54.8 Å². The Balaban J connectivity index is 1.32. The molecule has 0 fully saturated rings. The van der Waals surface area contributed by atoms with Crippen LogP contribution in [0.5, 0.6) is 5.75 Å². The maximum atomic E-state index is 13.5. The highest BCUT2D eigenvalue weighted by Gasteiger charge is 2.28. The van der Waals surface area contributed by atoms with Crippen molar-refractivity contribution in [3.63, 3.8) is 0 Å². The third kappa shape index (κ3) is 7.44. The van der Waals surface area contributed by atoms with Gasteiger partial charge in [0, 0.05) is 37.0 Å². The number of nitrogens with zero attached hydrogens (tertiary/aromatic N) is 1. The fourth-order valence-electron chi connectivity index (χ4n) is 5.80. The van der Waals surface area contributed by atoms with Crippen molar-refractivity contribution in [1.82, 2.24) is 14.9 Å². The normalized spacial score (nSPS) is 15.8. The van der Waals surface area contributed by atoms with Gasteiger partial charge in [0.15, 0.2) is 0 Å². The summed E-state index contributed by atoms with van der Waals surface area (Å²) in [5.41, 5.74) is 2.83. The molecule has 0 aliphatic carbocycles. The standard InChI is InChI=1S/C35H41N3O4S/c1-24(2)38(25(3)4)23-26-14-17-31-32(18-19-42-34(31)20-26)36-35(39)22-33(28-11-6-5-7-12-28)37-43(40,41)30-16-15-27-10-8-9-13-29(27)21-30/h5-17,20-21,24-25,32-33,37H,18-19,22-23H2,1-4H3,(H,36,39)/t32?,33-/m1/s1. The molecule has 43 heavy (non-hydrogen) atoms. The molecule has 0 aromatic heterocycles. The third-order valence-electron chi connectivity index (χ3n) is 8.06. The van der Waals surface area contributed by atoms with Gasteiger partial charge in [-0.15, -0.1) is 0 Å². The number of hydrogen-bond acceptors (Lipinski definition) is 5. The van der Waals surface area contributed by atoms with E-state index in [4.69, 9.17) is 4.74 Å². The average Bonchev–Trinajstić information content (AvgIpc) is 2.99. The van der Waals surface area contributed by atoms with E-state index in [0.29, 0.717) is 25.1 Å². The van der Waals surface area contributed by atoms with E-state index in [1.165, 1.54) is 5.56 Å². The van der Waals surface area contributed by atoms with Crippen LogP contribution >= 0.6 is 0 Å². The van der Waals surface area contributed by atoms with Gasteiger partial charge in [0.2, 0.25) is 15.9 Å². The van der Waals surface area contributed by atoms with E-state index < -0.39 is 16.1 Å². The maximum Gasteiger partial charge on any atom is 0.241 e. The number of amides is 1. The van der Waals surface area contributed by atoms with E-state index in [1.807, 2.05) is 60.7 Å². The predicted octanol–water partition coefficient (Wildman–Crippen LogP) is 6.51. The minimum atomic E-state index is -3.91. The molecule has 0 saturated carbocycles. The SMILES string of the molecule is CC(C)N(Cc1ccc2c(c1)OCCC2NC(=O)C[C@@H](NS(=O)(=O)c1ccc2ccccc2c1)c1ccccc1)C(C)C. The van der Waals surface area contributed by atoms with Crippen LogP contribution in [-0.2, 0) is 21.4 Å². The van der Waals surface area contributed by atoms with Crippen molar-refractivity contribution < 1.29 is 17.9 Å². The molecule has 226 valence electrons. The van der Waals surface area contributed by atoms with Crippen LogP contribution in [0.25, 0.3) is 10.8 Å². The molecular weight excluding hydrogens is 558 g/mol. The minimum Gasteiger partial charge on any atom is -0.493 e. The van der Waals surface area contributed by atoms with E-state index in [-0.39, 0.29) is 23.3 Å². The smallest absolute Gasteiger partial charge is 0.241 e. The van der Waals surface area contributed by atoms with Gasteiger partial charge in [-0.25, -0.2) is 13.1 Å². The highest BCUT2D eigenvalue weighted by Crippen LogP contribution is 2.34. The first-order valence-corrected chi connectivity index (χ1v) is 16.5. The van der Waals surface area contributed by atoms with E-state index >= 15 is 0 Å². The first-order chi connectivity index (χ1) is 20.6. The van der Waals surface area contributed by atoms with Gasteiger partial charge >= 0.3 is 0 Å². The average molecular weight is 600 g/mol. The molecule has 4 aromatic carbocycles. The number of carbonyl (C=O) groups is 1. The molecule has 7 nitrogen and oxygen atoms in total. The lowest BCUT2D eigenvalue weighted by Crippen LogP contribution is -2.37. The summed E-state index contributed by atoms with van der Waals surface area (Å²) < 4.78 is 35.9. The van der Waals surface area contributed by atoms with E-state index in [9.17, 15) is 13.2 Å². The second-order valence-corrected chi connectivity index (χ2v) is 13.5. The van der Waals surface area contributed by atoms with Gasteiger partial charge in [-0.3, -0.25) is 9.69 Å². The first kappa shape index (κ1) is 30.7. The monoisotopic (exact) mass is 599 g/mol. The van der Waals surface area contributed by atoms with Gasteiger partial charge < -0.3 is 10.1 Å². The summed E-state index contributed by atoms with van der Waals surface area (Å²) >= 11 is 0. The Kier molecular flexibility index (Phi) is 9.49. The zero-order chi connectivity index (χ0) is 30.6. The molecule has 0 bridgehead atoms. The lowest BCUT2D eigenvalue weighted by molar-refractivity contribution is -0.122. The Morgan fingerprint density at radius 2 is 1.58 bits per heavy atom. The van der Waals surface area contributed by atoms with Crippen molar-refractivity contribution in [2.45, 2.75) is 76.1 Å². The van der Waals surface area contributed by atoms with Crippen LogP contribution in [-0.4, -0.2) is 37.9 Å². The van der Waals surface area contributed by atoms with Crippen LogP contribution < -0.4 is 14.8 Å². The summed E-state index contributed by atoms with van der Waals surface area (Å²) in [4.78, 5) is 16.1. The van der Waals surface area contributed by atoms with Crippen LogP contribution in [0.3, 0.4) is 0 Å². The fraction of sp³-hybridized carbons (Fsp3) is 0.343. The fourth-order valence-corrected chi connectivity index (χ4v) is 7.06. The lowest BCUT2D eigenvalue weighted by atomic mass is 9.97. The molecule has 2 N–H and O–H groups in total. The second-order valence-electron chi connectivity index (χ2n) is 11.8. The Labute approximate surface area is 255 Å². The predicted molar refractivity (Wildman–Crippen MR) is 171 cm³/mol. The maximum absolute atomic E-state index is 13.5. The van der Waals surface area contributed by atoms with E-state index in [1.54, 1.807) is 18.2 Å². The molecule has 4 aromatic rings. The number of carbonyl (C=O) groups excluding carboxylic acids is 1. The summed E-state index contributed by atoms with van der Waals surface area (Å²) in [6, 6.07) is 28.0. The Hall–Kier alpha value is -3.72. The second kappa shape index (κ2) is 13.3. The first-order valence-electron chi connectivity index (χ1n) is 15.0. The van der Waals surface area contributed by atoms with Crippen molar-refractivity contribution in [1.29, 1.82) is 0 Å². The topological polar surface area (TPSA) is 87.7 Å². The molecule has 1 unspecified atom stereocenters. The molecule has 0 saturated heterocycles. The molecule has 1 heterocycles. The summed E-state index contributed by atoms with van der Waals surface area (Å²) in [7, 11) is -3.91. The highest BCUT2D eigenvalue weighted by atomic mass is 32.2. The Bertz CT molecular complexity index is 1660. The summed E-state index contributed by atoms with van der Waals surface area (Å²) in [5, 5.41) is 4.95. The molecule has 1 amide bonds. The zero-order valence-electron chi connectivity index (χ0n) is 25.3. The van der Waals surface area contributed by atoms with Gasteiger partial charge in [-0.05, 0) is 67.8 Å². The molecule has 2 atom stereocenters. The van der Waals surface area contributed by atoms with Crippen LogP contribution in [0.1, 0.15) is 69.3 Å². The molecule has 0 spiro atoms. The van der Waals surface area contributed by atoms with Crippen molar-refractivity contribution in [3.8, 4) is 5.75 Å². The Morgan fingerprint density at radius 3 is 2.30 bits per heavy atom. The van der Waals surface area contributed by atoms with Gasteiger partial charge in [0.25, 0.3) is 0 Å².